The molecule has 176 valence electrons. The second kappa shape index (κ2) is 9.27. The molecular weight excluding hydrogens is 470 g/mol. The number of aryl methyl sites for hydroxylation is 3. The van der Waals surface area contributed by atoms with Crippen molar-refractivity contribution >= 4 is 22.9 Å². The van der Waals surface area contributed by atoms with Crippen LogP contribution in [0.2, 0.25) is 5.02 Å². The second-order valence-electron chi connectivity index (χ2n) is 9.08. The number of rotatable bonds is 5. The summed E-state index contributed by atoms with van der Waals surface area (Å²) in [6.45, 7) is 12.0. The van der Waals surface area contributed by atoms with E-state index < -0.39 is 5.56 Å². The monoisotopic (exact) mass is 495 g/mol. The molecule has 0 spiro atoms. The molecule has 0 saturated heterocycles. The van der Waals surface area contributed by atoms with Crippen molar-refractivity contribution in [3.8, 4) is 22.8 Å². The minimum atomic E-state index is -0.392. The molecule has 34 heavy (non-hydrogen) atoms. The Kier molecular flexibility index (Phi) is 6.55. The zero-order valence-electron chi connectivity index (χ0n) is 20.0. The standard InChI is InChI=1S/C25H26ClN5O2S/c1-14-7-8-17(19-9-10-27-24(30-19)25(4,5)6)11-20(14)31-15(2)28-22(21(26)23(31)32)33-12-18-13-34-16(3)29-18/h7-11,13H,12H2,1-6H3. The van der Waals surface area contributed by atoms with Crippen molar-refractivity contribution in [2.75, 3.05) is 0 Å². The lowest BCUT2D eigenvalue weighted by molar-refractivity contribution is 0.287. The molecule has 0 aliphatic carbocycles. The lowest BCUT2D eigenvalue weighted by Crippen LogP contribution is -2.24. The number of nitrogens with zero attached hydrogens (tertiary/aromatic N) is 5. The Hall–Kier alpha value is -3.10. The minimum absolute atomic E-state index is 0.0700. The highest BCUT2D eigenvalue weighted by molar-refractivity contribution is 7.09. The summed E-state index contributed by atoms with van der Waals surface area (Å²) in [5, 5.41) is 2.78. The molecule has 0 bridgehead atoms. The molecule has 0 radical (unpaired) electrons. The molecule has 3 heterocycles. The van der Waals surface area contributed by atoms with E-state index in [2.05, 4.69) is 35.7 Å². The molecule has 7 nitrogen and oxygen atoms in total. The summed E-state index contributed by atoms with van der Waals surface area (Å²) in [4.78, 5) is 31.3. The average molecular weight is 496 g/mol. The van der Waals surface area contributed by atoms with E-state index in [1.54, 1.807) is 13.1 Å². The fourth-order valence-electron chi connectivity index (χ4n) is 3.47. The highest BCUT2D eigenvalue weighted by atomic mass is 35.5. The summed E-state index contributed by atoms with van der Waals surface area (Å²) in [7, 11) is 0. The molecule has 0 atom stereocenters. The first kappa shape index (κ1) is 24.0. The third kappa shape index (κ3) is 4.88. The van der Waals surface area contributed by atoms with Crippen LogP contribution in [0, 0.1) is 20.8 Å². The van der Waals surface area contributed by atoms with E-state index in [1.165, 1.54) is 15.9 Å². The molecule has 0 N–H and O–H groups in total. The molecule has 4 aromatic rings. The smallest absolute Gasteiger partial charge is 0.280 e. The highest BCUT2D eigenvalue weighted by Gasteiger charge is 2.20. The first-order valence-corrected chi connectivity index (χ1v) is 12.1. The largest absolute Gasteiger partial charge is 0.470 e. The third-order valence-electron chi connectivity index (χ3n) is 5.26. The van der Waals surface area contributed by atoms with E-state index >= 15 is 0 Å². The third-order valence-corrected chi connectivity index (χ3v) is 6.41. The van der Waals surface area contributed by atoms with Crippen molar-refractivity contribution in [1.82, 2.24) is 24.5 Å². The maximum absolute atomic E-state index is 13.3. The fourth-order valence-corrected chi connectivity index (χ4v) is 4.25. The van der Waals surface area contributed by atoms with E-state index in [4.69, 9.17) is 21.3 Å². The van der Waals surface area contributed by atoms with Crippen LogP contribution >= 0.6 is 22.9 Å². The van der Waals surface area contributed by atoms with E-state index in [0.29, 0.717) is 11.5 Å². The van der Waals surface area contributed by atoms with Crippen molar-refractivity contribution in [3.63, 3.8) is 0 Å². The Morgan fingerprint density at radius 1 is 1.09 bits per heavy atom. The average Bonchev–Trinajstić information content (AvgIpc) is 3.21. The van der Waals surface area contributed by atoms with Crippen LogP contribution in [0.1, 0.15) is 48.7 Å². The maximum Gasteiger partial charge on any atom is 0.280 e. The van der Waals surface area contributed by atoms with Gasteiger partial charge in [-0.25, -0.2) is 15.0 Å². The van der Waals surface area contributed by atoms with Gasteiger partial charge in [0.25, 0.3) is 5.56 Å². The van der Waals surface area contributed by atoms with Gasteiger partial charge in [0.05, 0.1) is 22.1 Å². The van der Waals surface area contributed by atoms with Crippen LogP contribution in [0.15, 0.2) is 40.6 Å². The first-order valence-electron chi connectivity index (χ1n) is 10.8. The van der Waals surface area contributed by atoms with E-state index in [-0.39, 0.29) is 22.9 Å². The van der Waals surface area contributed by atoms with Gasteiger partial charge in [-0.2, -0.15) is 4.98 Å². The number of halogens is 1. The van der Waals surface area contributed by atoms with Gasteiger partial charge in [0.2, 0.25) is 5.88 Å². The molecule has 1 aromatic carbocycles. The second-order valence-corrected chi connectivity index (χ2v) is 10.5. The lowest BCUT2D eigenvalue weighted by Gasteiger charge is -2.18. The topological polar surface area (TPSA) is 82.8 Å². The summed E-state index contributed by atoms with van der Waals surface area (Å²) in [5.41, 5.74) is 3.44. The molecular formula is C25H26ClN5O2S. The molecule has 0 aliphatic rings. The normalized spacial score (nSPS) is 11.6. The van der Waals surface area contributed by atoms with Gasteiger partial charge in [0.15, 0.2) is 5.02 Å². The number of ether oxygens (including phenoxy) is 1. The van der Waals surface area contributed by atoms with Gasteiger partial charge < -0.3 is 4.74 Å². The number of aromatic nitrogens is 5. The Labute approximate surface area is 207 Å². The van der Waals surface area contributed by atoms with Crippen molar-refractivity contribution in [2.45, 2.75) is 53.6 Å². The SMILES string of the molecule is Cc1nc(COc2nc(C)n(-c3cc(-c4ccnc(C(C)(C)C)n4)ccc3C)c(=O)c2Cl)cs1. The molecule has 0 saturated carbocycles. The Morgan fingerprint density at radius 3 is 2.53 bits per heavy atom. The molecule has 3 aromatic heterocycles. The Morgan fingerprint density at radius 2 is 1.85 bits per heavy atom. The first-order chi connectivity index (χ1) is 16.0. The predicted octanol–water partition coefficient (Wildman–Crippen LogP) is 5.60. The quantitative estimate of drug-likeness (QED) is 0.358. The summed E-state index contributed by atoms with van der Waals surface area (Å²) in [6.07, 6.45) is 1.76. The van der Waals surface area contributed by atoms with Crippen molar-refractivity contribution in [1.29, 1.82) is 0 Å². The maximum atomic E-state index is 13.3. The minimum Gasteiger partial charge on any atom is -0.470 e. The zero-order valence-corrected chi connectivity index (χ0v) is 21.6. The molecule has 0 unspecified atom stereocenters. The van der Waals surface area contributed by atoms with Gasteiger partial charge in [-0.15, -0.1) is 11.3 Å². The molecule has 4 rings (SSSR count). The van der Waals surface area contributed by atoms with Crippen molar-refractivity contribution < 1.29 is 4.74 Å². The van der Waals surface area contributed by atoms with Gasteiger partial charge >= 0.3 is 0 Å². The van der Waals surface area contributed by atoms with Crippen LogP contribution in [0.5, 0.6) is 5.88 Å². The fraction of sp³-hybridized carbons (Fsp3) is 0.320. The Bertz CT molecular complexity index is 1420. The molecule has 0 fully saturated rings. The summed E-state index contributed by atoms with van der Waals surface area (Å²) in [6, 6.07) is 7.73. The van der Waals surface area contributed by atoms with Crippen LogP contribution < -0.4 is 10.3 Å². The zero-order chi connectivity index (χ0) is 24.6. The number of benzene rings is 1. The highest BCUT2D eigenvalue weighted by Crippen LogP contribution is 2.27. The van der Waals surface area contributed by atoms with Gasteiger partial charge in [0.1, 0.15) is 18.3 Å². The number of thiazole rings is 1. The predicted molar refractivity (Wildman–Crippen MR) is 135 cm³/mol. The van der Waals surface area contributed by atoms with Crippen LogP contribution in [-0.4, -0.2) is 24.5 Å². The lowest BCUT2D eigenvalue weighted by atomic mass is 9.95. The summed E-state index contributed by atoms with van der Waals surface area (Å²) in [5.74, 6) is 1.32. The van der Waals surface area contributed by atoms with Gasteiger partial charge in [-0.1, -0.05) is 44.5 Å². The van der Waals surface area contributed by atoms with E-state index in [9.17, 15) is 4.79 Å². The van der Waals surface area contributed by atoms with Crippen LogP contribution in [0.4, 0.5) is 0 Å². The van der Waals surface area contributed by atoms with Gasteiger partial charge in [-0.3, -0.25) is 9.36 Å². The number of hydrogen-bond acceptors (Lipinski definition) is 7. The Balaban J connectivity index is 1.73. The molecule has 0 amide bonds. The van der Waals surface area contributed by atoms with Gasteiger partial charge in [-0.05, 0) is 38.5 Å². The number of hydrogen-bond donors (Lipinski definition) is 0. The molecule has 0 aliphatic heterocycles. The van der Waals surface area contributed by atoms with Crippen molar-refractivity contribution in [2.24, 2.45) is 0 Å². The van der Waals surface area contributed by atoms with Crippen LogP contribution in [0.25, 0.3) is 16.9 Å². The summed E-state index contributed by atoms with van der Waals surface area (Å²) < 4.78 is 7.23. The van der Waals surface area contributed by atoms with E-state index in [0.717, 1.165) is 33.3 Å². The van der Waals surface area contributed by atoms with E-state index in [1.807, 2.05) is 43.5 Å². The molecule has 9 heteroatoms. The van der Waals surface area contributed by atoms with Crippen molar-refractivity contribution in [3.05, 3.63) is 79.1 Å². The van der Waals surface area contributed by atoms with Crippen LogP contribution in [0.3, 0.4) is 0 Å². The van der Waals surface area contributed by atoms with Crippen LogP contribution in [-0.2, 0) is 12.0 Å². The summed E-state index contributed by atoms with van der Waals surface area (Å²) >= 11 is 7.95. The van der Waals surface area contributed by atoms with Gasteiger partial charge in [0, 0.05) is 22.6 Å².